The first-order valence-corrected chi connectivity index (χ1v) is 9.54. The summed E-state index contributed by atoms with van der Waals surface area (Å²) < 4.78 is 25.2. The number of hydrogen-bond acceptors (Lipinski definition) is 4. The molecule has 1 aromatic rings. The van der Waals surface area contributed by atoms with E-state index in [1.807, 2.05) is 0 Å². The number of likely N-dealkylation sites (tertiary alicyclic amines) is 1. The van der Waals surface area contributed by atoms with E-state index in [2.05, 4.69) is 15.5 Å². The van der Waals surface area contributed by atoms with Crippen molar-refractivity contribution in [2.24, 2.45) is 0 Å². The summed E-state index contributed by atoms with van der Waals surface area (Å²) >= 11 is 5.26. The minimum atomic E-state index is -3.39. The molecular formula is C15H24N4O2S2. The van der Waals surface area contributed by atoms with Crippen molar-refractivity contribution in [3.63, 3.8) is 0 Å². The summed E-state index contributed by atoms with van der Waals surface area (Å²) in [5, 5.41) is 6.79. The summed E-state index contributed by atoms with van der Waals surface area (Å²) in [6, 6.07) is 6.57. The number of nitrogens with zero attached hydrogens (tertiary/aromatic N) is 2. The highest BCUT2D eigenvalue weighted by atomic mass is 32.2. The fourth-order valence-electron chi connectivity index (χ4n) is 2.43. The number of nitrogens with one attached hydrogen (secondary N) is 2. The van der Waals surface area contributed by atoms with Crippen LogP contribution in [0.4, 0.5) is 5.69 Å². The van der Waals surface area contributed by atoms with Crippen LogP contribution in [0.25, 0.3) is 0 Å². The summed E-state index contributed by atoms with van der Waals surface area (Å²) in [4.78, 5) is 2.68. The molecule has 23 heavy (non-hydrogen) atoms. The van der Waals surface area contributed by atoms with Crippen molar-refractivity contribution >= 4 is 33.0 Å². The second-order valence-corrected chi connectivity index (χ2v) is 8.30. The van der Waals surface area contributed by atoms with Gasteiger partial charge in [0.15, 0.2) is 5.11 Å². The van der Waals surface area contributed by atoms with Crippen LogP contribution in [-0.2, 0) is 10.0 Å². The molecule has 1 fully saturated rings. The molecule has 0 unspecified atom stereocenters. The van der Waals surface area contributed by atoms with Crippen molar-refractivity contribution in [3.8, 4) is 0 Å². The molecule has 1 saturated heterocycles. The maximum absolute atomic E-state index is 12.0. The first-order chi connectivity index (χ1) is 10.9. The van der Waals surface area contributed by atoms with Gasteiger partial charge < -0.3 is 15.5 Å². The van der Waals surface area contributed by atoms with Gasteiger partial charge in [-0.2, -0.15) is 0 Å². The summed E-state index contributed by atoms with van der Waals surface area (Å²) in [5.74, 6) is 0. The summed E-state index contributed by atoms with van der Waals surface area (Å²) in [7, 11) is -0.365. The summed E-state index contributed by atoms with van der Waals surface area (Å²) in [5.41, 5.74) is 0.765. The molecule has 0 bridgehead atoms. The van der Waals surface area contributed by atoms with E-state index < -0.39 is 10.0 Å². The second-order valence-electron chi connectivity index (χ2n) is 5.74. The number of anilines is 1. The quantitative estimate of drug-likeness (QED) is 0.750. The Labute approximate surface area is 143 Å². The SMILES string of the molecule is CN(C)S(=O)(=O)c1ccc(NC(=S)NCCN2CCCC2)cc1. The van der Waals surface area contributed by atoms with Gasteiger partial charge in [-0.3, -0.25) is 0 Å². The molecule has 1 aromatic carbocycles. The van der Waals surface area contributed by atoms with Gasteiger partial charge in [0.05, 0.1) is 4.90 Å². The largest absolute Gasteiger partial charge is 0.361 e. The molecular weight excluding hydrogens is 332 g/mol. The van der Waals surface area contributed by atoms with E-state index in [1.54, 1.807) is 24.3 Å². The molecule has 0 spiro atoms. The number of thiocarbonyl (C=S) groups is 1. The van der Waals surface area contributed by atoms with E-state index in [1.165, 1.54) is 44.3 Å². The Morgan fingerprint density at radius 3 is 2.39 bits per heavy atom. The van der Waals surface area contributed by atoms with Gasteiger partial charge in [0.1, 0.15) is 0 Å². The highest BCUT2D eigenvalue weighted by Gasteiger charge is 2.16. The number of sulfonamides is 1. The molecule has 0 amide bonds. The van der Waals surface area contributed by atoms with Crippen LogP contribution in [0.5, 0.6) is 0 Å². The van der Waals surface area contributed by atoms with E-state index >= 15 is 0 Å². The van der Waals surface area contributed by atoms with Gasteiger partial charge in [-0.1, -0.05) is 0 Å². The van der Waals surface area contributed by atoms with E-state index in [0.29, 0.717) is 5.11 Å². The molecule has 0 atom stereocenters. The van der Waals surface area contributed by atoms with Crippen LogP contribution in [0.2, 0.25) is 0 Å². The molecule has 0 radical (unpaired) electrons. The third kappa shape index (κ3) is 5.13. The van der Waals surface area contributed by atoms with Crippen LogP contribution in [-0.4, -0.2) is 63.0 Å². The molecule has 128 valence electrons. The van der Waals surface area contributed by atoms with Crippen molar-refractivity contribution in [2.45, 2.75) is 17.7 Å². The Balaban J connectivity index is 1.82. The predicted octanol–water partition coefficient (Wildman–Crippen LogP) is 1.32. The lowest BCUT2D eigenvalue weighted by Gasteiger charge is -2.16. The third-order valence-corrected chi connectivity index (χ3v) is 5.88. The smallest absolute Gasteiger partial charge is 0.242 e. The number of hydrogen-bond donors (Lipinski definition) is 2. The standard InChI is InChI=1S/C15H24N4O2S2/c1-18(2)23(20,21)14-7-5-13(6-8-14)17-15(22)16-9-12-19-10-3-4-11-19/h5-8H,3-4,9-12H2,1-2H3,(H2,16,17,22). The van der Waals surface area contributed by atoms with Crippen molar-refractivity contribution in [1.82, 2.24) is 14.5 Å². The highest BCUT2D eigenvalue weighted by molar-refractivity contribution is 7.89. The molecule has 1 aliphatic rings. The fraction of sp³-hybridized carbons (Fsp3) is 0.533. The van der Waals surface area contributed by atoms with Crippen LogP contribution in [0, 0.1) is 0 Å². The maximum atomic E-state index is 12.0. The first kappa shape index (κ1) is 18.1. The zero-order valence-corrected chi connectivity index (χ0v) is 15.2. The minimum absolute atomic E-state index is 0.265. The van der Waals surface area contributed by atoms with E-state index in [4.69, 9.17) is 12.2 Å². The first-order valence-electron chi connectivity index (χ1n) is 7.69. The van der Waals surface area contributed by atoms with Crippen molar-refractivity contribution in [1.29, 1.82) is 0 Å². The average molecular weight is 357 g/mol. The van der Waals surface area contributed by atoms with E-state index in [9.17, 15) is 8.42 Å². The molecule has 0 saturated carbocycles. The third-order valence-electron chi connectivity index (χ3n) is 3.80. The second kappa shape index (κ2) is 8.05. The highest BCUT2D eigenvalue weighted by Crippen LogP contribution is 2.16. The van der Waals surface area contributed by atoms with Crippen LogP contribution in [0.15, 0.2) is 29.2 Å². The van der Waals surface area contributed by atoms with Gasteiger partial charge in [-0.25, -0.2) is 12.7 Å². The number of benzene rings is 1. The van der Waals surface area contributed by atoms with Gasteiger partial charge in [0.25, 0.3) is 0 Å². The molecule has 0 aliphatic carbocycles. The summed E-state index contributed by atoms with van der Waals surface area (Å²) in [6.07, 6.45) is 2.57. The Bertz CT molecular complexity index is 623. The van der Waals surface area contributed by atoms with Crippen molar-refractivity contribution in [3.05, 3.63) is 24.3 Å². The van der Waals surface area contributed by atoms with Gasteiger partial charge in [0.2, 0.25) is 10.0 Å². The lowest BCUT2D eigenvalue weighted by molar-refractivity contribution is 0.344. The zero-order valence-electron chi connectivity index (χ0n) is 13.6. The van der Waals surface area contributed by atoms with Crippen molar-refractivity contribution < 1.29 is 8.42 Å². The summed E-state index contributed by atoms with van der Waals surface area (Å²) in [6.45, 7) is 4.13. The molecule has 0 aromatic heterocycles. The topological polar surface area (TPSA) is 64.7 Å². The molecule has 1 aliphatic heterocycles. The lowest BCUT2D eigenvalue weighted by atomic mass is 10.3. The van der Waals surface area contributed by atoms with Crippen LogP contribution in [0.1, 0.15) is 12.8 Å². The normalized spacial score (nSPS) is 15.8. The average Bonchev–Trinajstić information content (AvgIpc) is 3.01. The van der Waals surface area contributed by atoms with Crippen LogP contribution >= 0.6 is 12.2 Å². The Morgan fingerprint density at radius 1 is 1.22 bits per heavy atom. The fourth-order valence-corrected chi connectivity index (χ4v) is 3.55. The van der Waals surface area contributed by atoms with E-state index in [0.717, 1.165) is 18.8 Å². The maximum Gasteiger partial charge on any atom is 0.242 e. The molecule has 8 heteroatoms. The Kier molecular flexibility index (Phi) is 6.34. The number of rotatable bonds is 6. The molecule has 1 heterocycles. The minimum Gasteiger partial charge on any atom is -0.361 e. The Hall–Kier alpha value is -1.22. The van der Waals surface area contributed by atoms with E-state index in [-0.39, 0.29) is 4.90 Å². The monoisotopic (exact) mass is 356 g/mol. The zero-order chi connectivity index (χ0) is 16.9. The van der Waals surface area contributed by atoms with Gasteiger partial charge in [-0.15, -0.1) is 0 Å². The van der Waals surface area contributed by atoms with Crippen LogP contribution < -0.4 is 10.6 Å². The van der Waals surface area contributed by atoms with Crippen molar-refractivity contribution in [2.75, 3.05) is 45.6 Å². The molecule has 2 rings (SSSR count). The van der Waals surface area contributed by atoms with Gasteiger partial charge >= 0.3 is 0 Å². The van der Waals surface area contributed by atoms with Gasteiger partial charge in [0, 0.05) is 32.9 Å². The molecule has 2 N–H and O–H groups in total. The predicted molar refractivity (Wildman–Crippen MR) is 97.2 cm³/mol. The molecule has 6 nitrogen and oxygen atoms in total. The van der Waals surface area contributed by atoms with Gasteiger partial charge in [-0.05, 0) is 62.4 Å². The Morgan fingerprint density at radius 2 is 1.83 bits per heavy atom. The lowest BCUT2D eigenvalue weighted by Crippen LogP contribution is -2.35. The van der Waals surface area contributed by atoms with Crippen LogP contribution in [0.3, 0.4) is 0 Å².